The van der Waals surface area contributed by atoms with Gasteiger partial charge in [-0.1, -0.05) is 43.5 Å². The molecule has 2 saturated carbocycles. The average molecular weight is 377 g/mol. The average Bonchev–Trinajstić information content (AvgIpc) is 3.59. The van der Waals surface area contributed by atoms with Gasteiger partial charge in [-0.3, -0.25) is 9.59 Å². The second-order valence-electron chi connectivity index (χ2n) is 8.10. The van der Waals surface area contributed by atoms with Gasteiger partial charge in [0.2, 0.25) is 5.91 Å². The molecule has 0 aliphatic heterocycles. The minimum atomic E-state index is -0.0670. The van der Waals surface area contributed by atoms with E-state index in [2.05, 4.69) is 22.8 Å². The van der Waals surface area contributed by atoms with E-state index < -0.39 is 0 Å². The number of anilines is 1. The number of benzene rings is 2. The minimum absolute atomic E-state index is 0.0670. The van der Waals surface area contributed by atoms with Crippen molar-refractivity contribution in [3.63, 3.8) is 0 Å². The lowest BCUT2D eigenvalue weighted by Crippen LogP contribution is -2.23. The molecule has 0 radical (unpaired) electrons. The van der Waals surface area contributed by atoms with Crippen LogP contribution in [0.15, 0.2) is 48.5 Å². The van der Waals surface area contributed by atoms with E-state index in [0.29, 0.717) is 18.0 Å². The molecule has 0 unspecified atom stereocenters. The predicted molar refractivity (Wildman–Crippen MR) is 111 cm³/mol. The molecule has 0 spiro atoms. The van der Waals surface area contributed by atoms with E-state index >= 15 is 0 Å². The van der Waals surface area contributed by atoms with Gasteiger partial charge in [0.1, 0.15) is 0 Å². The highest BCUT2D eigenvalue weighted by Crippen LogP contribution is 2.32. The second kappa shape index (κ2) is 8.59. The normalized spacial score (nSPS) is 17.1. The molecule has 2 N–H and O–H groups in total. The molecule has 2 aromatic rings. The molecule has 0 saturated heterocycles. The first-order chi connectivity index (χ1) is 13.7. The van der Waals surface area contributed by atoms with Crippen LogP contribution in [0, 0.1) is 5.92 Å². The standard InChI is InChI=1S/C24H28N2O2/c27-23(20-11-9-19(10-12-20)18-6-2-1-3-7-18)25-16-17-5-4-8-22(15-17)26-24(28)21-13-14-21/h4-5,8-12,15,18,21H,1-3,6-7,13-14,16H2,(H,25,27)(H,26,28). The highest BCUT2D eigenvalue weighted by atomic mass is 16.2. The van der Waals surface area contributed by atoms with Crippen molar-refractivity contribution < 1.29 is 9.59 Å². The van der Waals surface area contributed by atoms with Crippen molar-refractivity contribution in [2.45, 2.75) is 57.4 Å². The summed E-state index contributed by atoms with van der Waals surface area (Å²) in [6.45, 7) is 0.441. The van der Waals surface area contributed by atoms with Crippen LogP contribution in [0.5, 0.6) is 0 Å². The third kappa shape index (κ3) is 4.80. The third-order valence-electron chi connectivity index (χ3n) is 5.85. The zero-order valence-electron chi connectivity index (χ0n) is 16.2. The van der Waals surface area contributed by atoms with E-state index in [-0.39, 0.29) is 17.7 Å². The molecule has 2 fully saturated rings. The smallest absolute Gasteiger partial charge is 0.251 e. The van der Waals surface area contributed by atoms with E-state index in [4.69, 9.17) is 0 Å². The summed E-state index contributed by atoms with van der Waals surface area (Å²) < 4.78 is 0. The molecule has 28 heavy (non-hydrogen) atoms. The molecule has 2 amide bonds. The van der Waals surface area contributed by atoms with Crippen LogP contribution >= 0.6 is 0 Å². The van der Waals surface area contributed by atoms with Crippen molar-refractivity contribution in [3.8, 4) is 0 Å². The van der Waals surface area contributed by atoms with Crippen molar-refractivity contribution in [1.29, 1.82) is 0 Å². The molecule has 0 bridgehead atoms. The van der Waals surface area contributed by atoms with E-state index in [0.717, 1.165) is 24.1 Å². The summed E-state index contributed by atoms with van der Waals surface area (Å²) in [6.07, 6.45) is 8.48. The van der Waals surface area contributed by atoms with Crippen LogP contribution in [-0.4, -0.2) is 11.8 Å². The van der Waals surface area contributed by atoms with Crippen molar-refractivity contribution in [2.24, 2.45) is 5.92 Å². The summed E-state index contributed by atoms with van der Waals surface area (Å²) in [4.78, 5) is 24.4. The lowest BCUT2D eigenvalue weighted by molar-refractivity contribution is -0.117. The zero-order valence-corrected chi connectivity index (χ0v) is 16.2. The summed E-state index contributed by atoms with van der Waals surface area (Å²) >= 11 is 0. The Morgan fingerprint density at radius 1 is 0.893 bits per heavy atom. The summed E-state index contributed by atoms with van der Waals surface area (Å²) in [5, 5.41) is 5.93. The molecule has 0 aromatic heterocycles. The third-order valence-corrected chi connectivity index (χ3v) is 5.85. The van der Waals surface area contributed by atoms with E-state index in [9.17, 15) is 9.59 Å². The van der Waals surface area contributed by atoms with Crippen molar-refractivity contribution in [2.75, 3.05) is 5.32 Å². The highest BCUT2D eigenvalue weighted by molar-refractivity contribution is 5.95. The maximum absolute atomic E-state index is 12.5. The Morgan fingerprint density at radius 3 is 2.36 bits per heavy atom. The second-order valence-corrected chi connectivity index (χ2v) is 8.10. The Kier molecular flexibility index (Phi) is 5.75. The Balaban J connectivity index is 1.31. The summed E-state index contributed by atoms with van der Waals surface area (Å²) in [6, 6.07) is 15.8. The number of carbonyl (C=O) groups excluding carboxylic acids is 2. The quantitative estimate of drug-likeness (QED) is 0.744. The molecular weight excluding hydrogens is 348 g/mol. The molecule has 0 atom stereocenters. The van der Waals surface area contributed by atoms with Crippen LogP contribution in [0.3, 0.4) is 0 Å². The molecule has 4 heteroatoms. The Hall–Kier alpha value is -2.62. The first-order valence-electron chi connectivity index (χ1n) is 10.5. The van der Waals surface area contributed by atoms with Crippen molar-refractivity contribution in [3.05, 3.63) is 65.2 Å². The fourth-order valence-electron chi connectivity index (χ4n) is 3.98. The van der Waals surface area contributed by atoms with Gasteiger partial charge in [-0.15, -0.1) is 0 Å². The first-order valence-corrected chi connectivity index (χ1v) is 10.5. The van der Waals surface area contributed by atoms with Crippen molar-refractivity contribution >= 4 is 17.5 Å². The van der Waals surface area contributed by atoms with Crippen molar-refractivity contribution in [1.82, 2.24) is 5.32 Å². The van der Waals surface area contributed by atoms with Crippen LogP contribution in [-0.2, 0) is 11.3 Å². The van der Waals surface area contributed by atoms with E-state index in [1.54, 1.807) is 0 Å². The summed E-state index contributed by atoms with van der Waals surface area (Å²) in [7, 11) is 0. The molecule has 146 valence electrons. The fourth-order valence-corrected chi connectivity index (χ4v) is 3.98. The SMILES string of the molecule is O=C(NCc1cccc(NC(=O)C2CC2)c1)c1ccc(C2CCCCC2)cc1. The summed E-state index contributed by atoms with van der Waals surface area (Å²) in [5.74, 6) is 0.862. The van der Waals surface area contributed by atoms with Gasteiger partial charge in [-0.2, -0.15) is 0 Å². The van der Waals surface area contributed by atoms with Crippen LogP contribution in [0.2, 0.25) is 0 Å². The molecule has 2 aliphatic carbocycles. The Morgan fingerprint density at radius 2 is 1.64 bits per heavy atom. The molecule has 0 heterocycles. The van der Waals surface area contributed by atoms with Gasteiger partial charge < -0.3 is 10.6 Å². The van der Waals surface area contributed by atoms with Gasteiger partial charge in [0.15, 0.2) is 0 Å². The largest absolute Gasteiger partial charge is 0.348 e. The monoisotopic (exact) mass is 376 g/mol. The predicted octanol–water partition coefficient (Wildman–Crippen LogP) is 5.01. The summed E-state index contributed by atoms with van der Waals surface area (Å²) in [5.41, 5.74) is 3.81. The zero-order chi connectivity index (χ0) is 19.3. The fraction of sp³-hybridized carbons (Fsp3) is 0.417. The number of amides is 2. The van der Waals surface area contributed by atoms with Gasteiger partial charge in [-0.25, -0.2) is 0 Å². The van der Waals surface area contributed by atoms with Crippen LogP contribution in [0.1, 0.15) is 72.3 Å². The van der Waals surface area contributed by atoms with E-state index in [1.807, 2.05) is 36.4 Å². The minimum Gasteiger partial charge on any atom is -0.348 e. The maximum Gasteiger partial charge on any atom is 0.251 e. The van der Waals surface area contributed by atoms with Gasteiger partial charge in [0.25, 0.3) is 5.91 Å². The number of carbonyl (C=O) groups is 2. The first kappa shape index (κ1) is 18.7. The van der Waals surface area contributed by atoms with Gasteiger partial charge in [-0.05, 0) is 67.0 Å². The van der Waals surface area contributed by atoms with Gasteiger partial charge >= 0.3 is 0 Å². The Bertz CT molecular complexity index is 834. The number of rotatable bonds is 6. The molecule has 2 aliphatic rings. The lowest BCUT2D eigenvalue weighted by Gasteiger charge is -2.22. The van der Waals surface area contributed by atoms with Crippen LogP contribution in [0.4, 0.5) is 5.69 Å². The number of hydrogen-bond donors (Lipinski definition) is 2. The topological polar surface area (TPSA) is 58.2 Å². The van der Waals surface area contributed by atoms with Gasteiger partial charge in [0.05, 0.1) is 0 Å². The Labute approximate surface area is 166 Å². The lowest BCUT2D eigenvalue weighted by atomic mass is 9.84. The van der Waals surface area contributed by atoms with Crippen LogP contribution < -0.4 is 10.6 Å². The molecule has 4 rings (SSSR count). The number of hydrogen-bond acceptors (Lipinski definition) is 2. The maximum atomic E-state index is 12.5. The molecule has 2 aromatic carbocycles. The molecule has 4 nitrogen and oxygen atoms in total. The number of nitrogens with one attached hydrogen (secondary N) is 2. The highest BCUT2D eigenvalue weighted by Gasteiger charge is 2.29. The van der Waals surface area contributed by atoms with Gasteiger partial charge in [0, 0.05) is 23.7 Å². The van der Waals surface area contributed by atoms with Crippen LogP contribution in [0.25, 0.3) is 0 Å². The molecular formula is C24H28N2O2. The van der Waals surface area contributed by atoms with E-state index in [1.165, 1.54) is 37.7 Å².